The Morgan fingerprint density at radius 1 is 1.05 bits per heavy atom. The molecule has 7 rings (SSSR count). The predicted octanol–water partition coefficient (Wildman–Crippen LogP) is 4.19. The molecule has 1 saturated heterocycles. The first kappa shape index (κ1) is 28.4. The summed E-state index contributed by atoms with van der Waals surface area (Å²) in [4.78, 5) is 15.4. The van der Waals surface area contributed by atoms with Crippen LogP contribution in [0.1, 0.15) is 48.4 Å². The maximum absolute atomic E-state index is 13.8. The van der Waals surface area contributed by atoms with E-state index in [1.54, 1.807) is 13.1 Å². The number of likely N-dealkylation sites (tertiary alicyclic amines) is 1. The van der Waals surface area contributed by atoms with E-state index < -0.39 is 33.2 Å². The van der Waals surface area contributed by atoms with Crippen LogP contribution in [0.25, 0.3) is 0 Å². The Morgan fingerprint density at radius 3 is 2.44 bits per heavy atom. The molecule has 43 heavy (non-hydrogen) atoms. The van der Waals surface area contributed by atoms with Crippen molar-refractivity contribution < 1.29 is 27.8 Å². The van der Waals surface area contributed by atoms with E-state index >= 15 is 0 Å². The van der Waals surface area contributed by atoms with Gasteiger partial charge in [-0.1, -0.05) is 66.7 Å². The molecule has 0 unspecified atom stereocenters. The van der Waals surface area contributed by atoms with Gasteiger partial charge >= 0.3 is 5.97 Å². The fourth-order valence-corrected chi connectivity index (χ4v) is 10.1. The van der Waals surface area contributed by atoms with Gasteiger partial charge in [0.05, 0.1) is 23.3 Å². The Kier molecular flexibility index (Phi) is 6.83. The van der Waals surface area contributed by atoms with Gasteiger partial charge in [-0.05, 0) is 61.4 Å². The zero-order valence-corrected chi connectivity index (χ0v) is 25.4. The first-order chi connectivity index (χ1) is 20.7. The van der Waals surface area contributed by atoms with Gasteiger partial charge in [0.15, 0.2) is 11.5 Å². The lowest BCUT2D eigenvalue weighted by Gasteiger charge is -2.65. The van der Waals surface area contributed by atoms with Gasteiger partial charge in [-0.2, -0.15) is 4.31 Å². The zero-order valence-electron chi connectivity index (χ0n) is 24.6. The summed E-state index contributed by atoms with van der Waals surface area (Å²) in [5.74, 6) is -0.0167. The summed E-state index contributed by atoms with van der Waals surface area (Å²) in [5.41, 5.74) is 2.25. The van der Waals surface area contributed by atoms with Crippen LogP contribution in [0.5, 0.6) is 11.5 Å². The van der Waals surface area contributed by atoms with E-state index in [0.717, 1.165) is 36.2 Å². The molecule has 2 aliphatic carbocycles. The molecule has 9 heteroatoms. The van der Waals surface area contributed by atoms with Crippen LogP contribution in [0.4, 0.5) is 0 Å². The van der Waals surface area contributed by atoms with Crippen LogP contribution in [0.2, 0.25) is 0 Å². The molecule has 1 N–H and O–H groups in total. The van der Waals surface area contributed by atoms with Gasteiger partial charge in [0.1, 0.15) is 11.7 Å². The number of sulfonamides is 1. The van der Waals surface area contributed by atoms with Gasteiger partial charge < -0.3 is 14.6 Å². The molecule has 4 aliphatic rings. The summed E-state index contributed by atoms with van der Waals surface area (Å²) < 4.78 is 42.3. The number of ether oxygens (including phenoxy) is 2. The largest absolute Gasteiger partial charge is 0.504 e. The number of piperidine rings is 1. The SMILES string of the molecule is CC(=O)O[C@@]12CC[C@@H](N(C)S(=O)(=O)Cc3ccccc3)[C@@H]3Oc4c(O)ccc5c4[C@@]31CCN(CCc1ccccc1)[C@@H]2C5. The number of likely N-dealkylation sites (N-methyl/N-ethyl adjacent to an activating group) is 1. The van der Waals surface area contributed by atoms with Gasteiger partial charge in [0.2, 0.25) is 10.0 Å². The van der Waals surface area contributed by atoms with Crippen molar-refractivity contribution in [1.82, 2.24) is 9.21 Å². The van der Waals surface area contributed by atoms with Crippen molar-refractivity contribution in [2.45, 2.75) is 74.0 Å². The molecule has 0 amide bonds. The monoisotopic (exact) mass is 602 g/mol. The summed E-state index contributed by atoms with van der Waals surface area (Å²) in [6.45, 7) is 3.03. The first-order valence-corrected chi connectivity index (χ1v) is 16.8. The predicted molar refractivity (Wildman–Crippen MR) is 162 cm³/mol. The molecule has 226 valence electrons. The first-order valence-electron chi connectivity index (χ1n) is 15.2. The van der Waals surface area contributed by atoms with Crippen LogP contribution in [0, 0.1) is 0 Å². The lowest BCUT2D eigenvalue weighted by Crippen LogP contribution is -2.79. The molecule has 2 fully saturated rings. The van der Waals surface area contributed by atoms with Gasteiger partial charge in [-0.3, -0.25) is 9.69 Å². The van der Waals surface area contributed by atoms with Crippen LogP contribution >= 0.6 is 0 Å². The van der Waals surface area contributed by atoms with Crippen LogP contribution < -0.4 is 4.74 Å². The van der Waals surface area contributed by atoms with E-state index in [2.05, 4.69) is 29.2 Å². The van der Waals surface area contributed by atoms with Crippen LogP contribution in [0.15, 0.2) is 72.8 Å². The minimum atomic E-state index is -3.71. The molecular formula is C34H38N2O6S. The molecule has 2 bridgehead atoms. The summed E-state index contributed by atoms with van der Waals surface area (Å²) >= 11 is 0. The third-order valence-electron chi connectivity index (χ3n) is 10.5. The van der Waals surface area contributed by atoms with Crippen LogP contribution in [-0.4, -0.2) is 72.6 Å². The average molecular weight is 603 g/mol. The number of esters is 1. The average Bonchev–Trinajstić information content (AvgIpc) is 3.34. The number of aromatic hydroxyl groups is 1. The summed E-state index contributed by atoms with van der Waals surface area (Å²) in [5, 5.41) is 11.0. The highest BCUT2D eigenvalue weighted by molar-refractivity contribution is 7.88. The number of carbonyl (C=O) groups excluding carboxylic acids is 1. The second-order valence-corrected chi connectivity index (χ2v) is 14.6. The molecule has 8 nitrogen and oxygen atoms in total. The minimum Gasteiger partial charge on any atom is -0.504 e. The highest BCUT2D eigenvalue weighted by Crippen LogP contribution is 2.67. The van der Waals surface area contributed by atoms with E-state index in [4.69, 9.17) is 9.47 Å². The summed E-state index contributed by atoms with van der Waals surface area (Å²) in [6.07, 6.45) is 2.52. The Bertz CT molecular complexity index is 1650. The van der Waals surface area contributed by atoms with E-state index in [1.165, 1.54) is 16.8 Å². The van der Waals surface area contributed by atoms with E-state index in [9.17, 15) is 18.3 Å². The Labute approximate surface area is 253 Å². The molecule has 1 spiro atoms. The van der Waals surface area contributed by atoms with Crippen molar-refractivity contribution in [2.75, 3.05) is 20.1 Å². The fourth-order valence-electron chi connectivity index (χ4n) is 8.69. The highest BCUT2D eigenvalue weighted by atomic mass is 32.2. The quantitative estimate of drug-likeness (QED) is 0.387. The smallest absolute Gasteiger partial charge is 0.303 e. The molecule has 0 radical (unpaired) electrons. The molecule has 0 aromatic heterocycles. The Balaban J connectivity index is 1.31. The lowest BCUT2D eigenvalue weighted by molar-refractivity contribution is -0.221. The third-order valence-corrected chi connectivity index (χ3v) is 12.3. The third kappa shape index (κ3) is 4.30. The van der Waals surface area contributed by atoms with Crippen molar-refractivity contribution in [3.05, 3.63) is 95.1 Å². The van der Waals surface area contributed by atoms with Crippen molar-refractivity contribution in [3.63, 3.8) is 0 Å². The number of phenols is 1. The van der Waals surface area contributed by atoms with Gasteiger partial charge in [0.25, 0.3) is 0 Å². The number of hydrogen-bond donors (Lipinski definition) is 1. The number of phenolic OH excluding ortho intramolecular Hbond substituents is 1. The molecule has 3 aromatic rings. The molecule has 5 atom stereocenters. The zero-order chi connectivity index (χ0) is 30.0. The van der Waals surface area contributed by atoms with E-state index in [-0.39, 0.29) is 23.5 Å². The molecular weight excluding hydrogens is 564 g/mol. The second-order valence-electron chi connectivity index (χ2n) is 12.5. The Morgan fingerprint density at radius 2 is 1.74 bits per heavy atom. The molecule has 3 aromatic carbocycles. The number of nitrogens with zero attached hydrogens (tertiary/aromatic N) is 2. The van der Waals surface area contributed by atoms with E-state index in [1.807, 2.05) is 42.5 Å². The van der Waals surface area contributed by atoms with E-state index in [0.29, 0.717) is 31.4 Å². The summed E-state index contributed by atoms with van der Waals surface area (Å²) in [6, 6.07) is 22.6. The standard InChI is InChI=1S/C34H38N2O6S/c1-23(37)42-34-17-15-27(35(2)43(39,40)22-25-11-7-4-8-12-25)32-33(34)18-20-36(19-16-24-9-5-3-6-10-24)29(34)21-26-13-14-28(38)31(41-32)30(26)33/h3-14,27,29,32,38H,15-22H2,1-2H3/t27-,29-,32+,33+,34-/m1/s1. The van der Waals surface area contributed by atoms with Crippen molar-refractivity contribution in [2.24, 2.45) is 0 Å². The maximum atomic E-state index is 13.8. The highest BCUT2D eigenvalue weighted by Gasteiger charge is 2.75. The fraction of sp³-hybridized carbons (Fsp3) is 0.441. The maximum Gasteiger partial charge on any atom is 0.303 e. The minimum absolute atomic E-state index is 0.0396. The van der Waals surface area contributed by atoms with Gasteiger partial charge in [-0.15, -0.1) is 0 Å². The second kappa shape index (κ2) is 10.4. The van der Waals surface area contributed by atoms with Crippen molar-refractivity contribution in [1.29, 1.82) is 0 Å². The number of rotatable bonds is 8. The lowest BCUT2D eigenvalue weighted by atomic mass is 9.48. The van der Waals surface area contributed by atoms with Gasteiger partial charge in [0, 0.05) is 26.1 Å². The van der Waals surface area contributed by atoms with Crippen molar-refractivity contribution in [3.8, 4) is 11.5 Å². The van der Waals surface area contributed by atoms with Crippen molar-refractivity contribution >= 4 is 16.0 Å². The molecule has 2 heterocycles. The summed E-state index contributed by atoms with van der Waals surface area (Å²) in [7, 11) is -2.07. The number of carbonyl (C=O) groups is 1. The molecule has 1 saturated carbocycles. The topological polar surface area (TPSA) is 96.4 Å². The van der Waals surface area contributed by atoms with Crippen LogP contribution in [0.3, 0.4) is 0 Å². The Hall–Kier alpha value is -3.40. The number of benzene rings is 3. The normalized spacial score (nSPS) is 29.1. The number of hydrogen-bond acceptors (Lipinski definition) is 7. The van der Waals surface area contributed by atoms with Crippen LogP contribution in [-0.2, 0) is 43.6 Å². The molecule has 2 aliphatic heterocycles. The van der Waals surface area contributed by atoms with Gasteiger partial charge in [-0.25, -0.2) is 8.42 Å².